The second kappa shape index (κ2) is 9.46. The highest BCUT2D eigenvalue weighted by atomic mass is 16.6. The molecule has 0 bridgehead atoms. The van der Waals surface area contributed by atoms with E-state index in [9.17, 15) is 14.9 Å². The van der Waals surface area contributed by atoms with Crippen molar-refractivity contribution in [1.82, 2.24) is 10.2 Å². The summed E-state index contributed by atoms with van der Waals surface area (Å²) < 4.78 is 0. The van der Waals surface area contributed by atoms with E-state index in [1.807, 2.05) is 18.2 Å². The molecule has 1 fully saturated rings. The predicted octanol–water partition coefficient (Wildman–Crippen LogP) is 3.83. The van der Waals surface area contributed by atoms with Crippen molar-refractivity contribution in [3.8, 4) is 0 Å². The third kappa shape index (κ3) is 5.16. The minimum absolute atomic E-state index is 0.00246. The fraction of sp³-hybridized carbons (Fsp3) is 0.409. The van der Waals surface area contributed by atoms with Crippen LogP contribution in [-0.2, 0) is 24.3 Å². The van der Waals surface area contributed by atoms with E-state index in [-0.39, 0.29) is 18.0 Å². The molecule has 0 aromatic heterocycles. The van der Waals surface area contributed by atoms with Crippen LogP contribution in [0.2, 0.25) is 0 Å². The molecule has 6 heteroatoms. The van der Waals surface area contributed by atoms with Crippen molar-refractivity contribution in [1.29, 1.82) is 0 Å². The molecule has 0 saturated carbocycles. The fourth-order valence-corrected chi connectivity index (χ4v) is 3.76. The lowest BCUT2D eigenvalue weighted by Gasteiger charge is -2.33. The minimum atomic E-state index is -0.447. The Morgan fingerprint density at radius 1 is 1.11 bits per heavy atom. The number of amides is 1. The van der Waals surface area contributed by atoms with Crippen LogP contribution in [0.15, 0.2) is 48.5 Å². The standard InChI is InChI=1S/C22H27N3O3/c1-17-8-6-7-13-24(17)16-20-11-3-2-10-19(20)15-23-22(26)14-18-9-4-5-12-21(18)25(27)28/h2-5,9-12,17H,6-8,13-16H2,1H3,(H,23,26)/t17-/m1/s1. The average molecular weight is 381 g/mol. The molecule has 0 aliphatic carbocycles. The Kier molecular flexibility index (Phi) is 6.76. The van der Waals surface area contributed by atoms with Crippen molar-refractivity contribution in [2.24, 2.45) is 0 Å². The van der Waals surface area contributed by atoms with E-state index in [0.717, 1.165) is 18.7 Å². The Balaban J connectivity index is 1.62. The van der Waals surface area contributed by atoms with Gasteiger partial charge in [-0.2, -0.15) is 0 Å². The van der Waals surface area contributed by atoms with E-state index < -0.39 is 4.92 Å². The summed E-state index contributed by atoms with van der Waals surface area (Å²) in [6, 6.07) is 15.1. The number of hydrogen-bond donors (Lipinski definition) is 1. The summed E-state index contributed by atoms with van der Waals surface area (Å²) in [6.07, 6.45) is 3.76. The summed E-state index contributed by atoms with van der Waals surface area (Å²) in [5.74, 6) is -0.213. The van der Waals surface area contributed by atoms with Gasteiger partial charge in [0, 0.05) is 30.8 Å². The van der Waals surface area contributed by atoms with Gasteiger partial charge in [0.05, 0.1) is 11.3 Å². The average Bonchev–Trinajstić information content (AvgIpc) is 2.69. The van der Waals surface area contributed by atoms with Crippen molar-refractivity contribution >= 4 is 11.6 Å². The number of hydrogen-bond acceptors (Lipinski definition) is 4. The number of carbonyl (C=O) groups is 1. The maximum Gasteiger partial charge on any atom is 0.273 e. The number of nitro benzene ring substituents is 1. The number of carbonyl (C=O) groups excluding carboxylic acids is 1. The molecule has 28 heavy (non-hydrogen) atoms. The number of nitro groups is 1. The van der Waals surface area contributed by atoms with Gasteiger partial charge < -0.3 is 5.32 Å². The molecule has 1 heterocycles. The second-order valence-electron chi connectivity index (χ2n) is 7.42. The lowest BCUT2D eigenvalue weighted by atomic mass is 10.0. The van der Waals surface area contributed by atoms with Crippen molar-refractivity contribution in [2.45, 2.75) is 51.7 Å². The van der Waals surface area contributed by atoms with Crippen molar-refractivity contribution < 1.29 is 9.72 Å². The second-order valence-corrected chi connectivity index (χ2v) is 7.42. The van der Waals surface area contributed by atoms with Crippen LogP contribution in [0.4, 0.5) is 5.69 Å². The number of likely N-dealkylation sites (tertiary alicyclic amines) is 1. The zero-order valence-corrected chi connectivity index (χ0v) is 16.3. The van der Waals surface area contributed by atoms with Crippen LogP contribution in [-0.4, -0.2) is 28.3 Å². The molecule has 1 aliphatic rings. The first-order valence-corrected chi connectivity index (χ1v) is 9.84. The van der Waals surface area contributed by atoms with E-state index in [0.29, 0.717) is 18.2 Å². The van der Waals surface area contributed by atoms with Gasteiger partial charge in [0.1, 0.15) is 0 Å². The normalized spacial score (nSPS) is 17.2. The highest BCUT2D eigenvalue weighted by Gasteiger charge is 2.19. The van der Waals surface area contributed by atoms with Gasteiger partial charge >= 0.3 is 0 Å². The Bertz CT molecular complexity index is 837. The Morgan fingerprint density at radius 3 is 2.50 bits per heavy atom. The summed E-state index contributed by atoms with van der Waals surface area (Å²) in [5.41, 5.74) is 2.73. The van der Waals surface area contributed by atoms with E-state index in [1.54, 1.807) is 18.2 Å². The lowest BCUT2D eigenvalue weighted by Crippen LogP contribution is -2.37. The molecule has 2 aromatic carbocycles. The number of benzene rings is 2. The van der Waals surface area contributed by atoms with Crippen LogP contribution in [0.3, 0.4) is 0 Å². The van der Waals surface area contributed by atoms with Crippen LogP contribution in [0.1, 0.15) is 42.9 Å². The number of para-hydroxylation sites is 1. The molecule has 1 atom stereocenters. The maximum atomic E-state index is 12.4. The summed E-state index contributed by atoms with van der Waals surface area (Å²) in [4.78, 5) is 25.5. The molecule has 148 valence electrons. The van der Waals surface area contributed by atoms with E-state index in [4.69, 9.17) is 0 Å². The van der Waals surface area contributed by atoms with Gasteiger partial charge in [-0.3, -0.25) is 19.8 Å². The summed E-state index contributed by atoms with van der Waals surface area (Å²) in [5, 5.41) is 14.0. The van der Waals surface area contributed by atoms with Crippen LogP contribution in [0.25, 0.3) is 0 Å². The molecule has 1 N–H and O–H groups in total. The Hall–Kier alpha value is -2.73. The summed E-state index contributed by atoms with van der Waals surface area (Å²) >= 11 is 0. The van der Waals surface area contributed by atoms with Gasteiger partial charge in [-0.25, -0.2) is 0 Å². The molecule has 3 rings (SSSR count). The molecular formula is C22H27N3O3. The van der Waals surface area contributed by atoms with Gasteiger partial charge in [-0.1, -0.05) is 48.9 Å². The smallest absolute Gasteiger partial charge is 0.273 e. The highest BCUT2D eigenvalue weighted by molar-refractivity contribution is 5.79. The number of rotatable bonds is 7. The molecule has 2 aromatic rings. The fourth-order valence-electron chi connectivity index (χ4n) is 3.76. The lowest BCUT2D eigenvalue weighted by molar-refractivity contribution is -0.385. The highest BCUT2D eigenvalue weighted by Crippen LogP contribution is 2.21. The van der Waals surface area contributed by atoms with Crippen molar-refractivity contribution in [3.05, 3.63) is 75.3 Å². The zero-order chi connectivity index (χ0) is 19.9. The van der Waals surface area contributed by atoms with E-state index >= 15 is 0 Å². The van der Waals surface area contributed by atoms with Crippen molar-refractivity contribution in [3.63, 3.8) is 0 Å². The maximum absolute atomic E-state index is 12.4. The SMILES string of the molecule is C[C@@H]1CCCCN1Cc1ccccc1CNC(=O)Cc1ccccc1[N+](=O)[O-]. The molecule has 0 unspecified atom stereocenters. The van der Waals surface area contributed by atoms with Gasteiger partial charge in [0.25, 0.3) is 5.69 Å². The predicted molar refractivity (Wildman–Crippen MR) is 109 cm³/mol. The molecule has 0 spiro atoms. The van der Waals surface area contributed by atoms with Crippen LogP contribution >= 0.6 is 0 Å². The van der Waals surface area contributed by atoms with Crippen LogP contribution < -0.4 is 5.32 Å². The van der Waals surface area contributed by atoms with E-state index in [2.05, 4.69) is 23.2 Å². The van der Waals surface area contributed by atoms with Gasteiger partial charge in [-0.05, 0) is 37.4 Å². The summed E-state index contributed by atoms with van der Waals surface area (Å²) in [6.45, 7) is 4.70. The van der Waals surface area contributed by atoms with Crippen LogP contribution in [0.5, 0.6) is 0 Å². The van der Waals surface area contributed by atoms with Gasteiger partial charge in [0.2, 0.25) is 5.91 Å². The number of nitrogens with zero attached hydrogens (tertiary/aromatic N) is 2. The Labute approximate surface area is 165 Å². The van der Waals surface area contributed by atoms with Gasteiger partial charge in [-0.15, -0.1) is 0 Å². The van der Waals surface area contributed by atoms with Crippen LogP contribution in [0, 0.1) is 10.1 Å². The zero-order valence-electron chi connectivity index (χ0n) is 16.3. The third-order valence-corrected chi connectivity index (χ3v) is 5.45. The minimum Gasteiger partial charge on any atom is -0.352 e. The monoisotopic (exact) mass is 381 g/mol. The van der Waals surface area contributed by atoms with Crippen molar-refractivity contribution in [2.75, 3.05) is 6.54 Å². The third-order valence-electron chi connectivity index (χ3n) is 5.45. The number of piperidine rings is 1. The topological polar surface area (TPSA) is 75.5 Å². The van der Waals surface area contributed by atoms with Gasteiger partial charge in [0.15, 0.2) is 0 Å². The first-order valence-electron chi connectivity index (χ1n) is 9.84. The molecule has 1 amide bonds. The molecule has 1 saturated heterocycles. The molecular weight excluding hydrogens is 354 g/mol. The summed E-state index contributed by atoms with van der Waals surface area (Å²) in [7, 11) is 0. The first-order chi connectivity index (χ1) is 13.5. The largest absolute Gasteiger partial charge is 0.352 e. The van der Waals surface area contributed by atoms with E-state index in [1.165, 1.54) is 30.9 Å². The molecule has 6 nitrogen and oxygen atoms in total. The molecule has 0 radical (unpaired) electrons. The Morgan fingerprint density at radius 2 is 1.79 bits per heavy atom. The quantitative estimate of drug-likeness (QED) is 0.584. The molecule has 1 aliphatic heterocycles. The number of nitrogens with one attached hydrogen (secondary N) is 1. The first kappa shape index (κ1) is 20.0.